The van der Waals surface area contributed by atoms with Crippen molar-refractivity contribution in [1.82, 2.24) is 4.90 Å². The Morgan fingerprint density at radius 1 is 1.10 bits per heavy atom. The summed E-state index contributed by atoms with van der Waals surface area (Å²) in [4.78, 5) is 15.0. The van der Waals surface area contributed by atoms with Crippen molar-refractivity contribution >= 4 is 5.97 Å². The number of ether oxygens (including phenoxy) is 3. The van der Waals surface area contributed by atoms with Crippen molar-refractivity contribution in [1.29, 1.82) is 0 Å². The Labute approximate surface area is 178 Å². The van der Waals surface area contributed by atoms with E-state index < -0.39 is 0 Å². The Morgan fingerprint density at radius 3 is 2.63 bits per heavy atom. The van der Waals surface area contributed by atoms with Crippen LogP contribution in [0.15, 0.2) is 54.3 Å². The first-order chi connectivity index (χ1) is 14.5. The number of carbonyl (C=O) groups is 1. The number of likely N-dealkylation sites (tertiary alicyclic amines) is 1. The molecule has 4 rings (SSSR count). The molecule has 2 aromatic rings. The van der Waals surface area contributed by atoms with Gasteiger partial charge in [-0.15, -0.1) is 0 Å². The number of hydrogen-bond donors (Lipinski definition) is 0. The number of benzene rings is 2. The normalized spacial score (nSPS) is 23.5. The predicted octanol–water partition coefficient (Wildman–Crippen LogP) is 4.49. The predicted molar refractivity (Wildman–Crippen MR) is 116 cm³/mol. The van der Waals surface area contributed by atoms with E-state index in [1.54, 1.807) is 20.3 Å². The summed E-state index contributed by atoms with van der Waals surface area (Å²) in [5, 5.41) is 0. The lowest BCUT2D eigenvalue weighted by molar-refractivity contribution is 0.0579. The van der Waals surface area contributed by atoms with E-state index >= 15 is 0 Å². The van der Waals surface area contributed by atoms with Crippen LogP contribution in [-0.2, 0) is 10.2 Å². The fourth-order valence-corrected chi connectivity index (χ4v) is 4.91. The molecule has 5 nitrogen and oxygen atoms in total. The molecule has 2 atom stereocenters. The number of aryl methyl sites for hydroxylation is 1. The smallest absolute Gasteiger partial charge is 0.343 e. The molecular formula is C25H29NO4. The van der Waals surface area contributed by atoms with Crippen LogP contribution in [0.2, 0.25) is 0 Å². The highest BCUT2D eigenvalue weighted by molar-refractivity contribution is 5.90. The third-order valence-electron chi connectivity index (χ3n) is 6.61. The van der Waals surface area contributed by atoms with Crippen molar-refractivity contribution in [3.63, 3.8) is 0 Å². The number of allylic oxidation sites excluding steroid dienone is 1. The van der Waals surface area contributed by atoms with E-state index in [2.05, 4.69) is 30.2 Å². The van der Waals surface area contributed by atoms with Crippen LogP contribution in [0.1, 0.15) is 40.7 Å². The highest BCUT2D eigenvalue weighted by atomic mass is 16.5. The summed E-state index contributed by atoms with van der Waals surface area (Å²) in [6.45, 7) is 2.98. The fourth-order valence-electron chi connectivity index (χ4n) is 4.91. The molecule has 1 aliphatic heterocycles. The van der Waals surface area contributed by atoms with Crippen LogP contribution in [-0.4, -0.2) is 44.7 Å². The van der Waals surface area contributed by atoms with Crippen LogP contribution in [0.3, 0.4) is 0 Å². The number of rotatable bonds is 5. The zero-order valence-corrected chi connectivity index (χ0v) is 18.1. The van der Waals surface area contributed by atoms with E-state index in [0.717, 1.165) is 42.2 Å². The first kappa shape index (κ1) is 20.5. The highest BCUT2D eigenvalue weighted by Gasteiger charge is 2.49. The maximum atomic E-state index is 12.6. The lowest BCUT2D eigenvalue weighted by Crippen LogP contribution is -2.43. The Morgan fingerprint density at radius 2 is 1.90 bits per heavy atom. The van der Waals surface area contributed by atoms with Gasteiger partial charge in [-0.3, -0.25) is 0 Å². The molecule has 1 aliphatic carbocycles. The molecule has 0 spiro atoms. The number of methoxy groups -OCH3 is 2. The van der Waals surface area contributed by atoms with Gasteiger partial charge < -0.3 is 19.1 Å². The van der Waals surface area contributed by atoms with Crippen LogP contribution < -0.4 is 9.47 Å². The molecule has 5 heteroatoms. The minimum absolute atomic E-state index is 0.0203. The Hall–Kier alpha value is -2.79. The van der Waals surface area contributed by atoms with Crippen LogP contribution in [0.25, 0.3) is 0 Å². The Bertz CT molecular complexity index is 983. The quantitative estimate of drug-likeness (QED) is 0.684. The Balaban J connectivity index is 1.60. The maximum Gasteiger partial charge on any atom is 0.343 e. The number of nitrogens with zero attached hydrogens (tertiary/aromatic N) is 1. The van der Waals surface area contributed by atoms with E-state index in [-0.39, 0.29) is 17.4 Å². The molecule has 0 unspecified atom stereocenters. The summed E-state index contributed by atoms with van der Waals surface area (Å²) >= 11 is 0. The molecule has 1 heterocycles. The van der Waals surface area contributed by atoms with Gasteiger partial charge >= 0.3 is 5.97 Å². The number of esters is 1. The van der Waals surface area contributed by atoms with Crippen LogP contribution >= 0.6 is 0 Å². The zero-order chi connectivity index (χ0) is 21.3. The standard InChI is InChI=1S/C25H29NO4/c1-17-6-5-7-18(14-17)24(27)30-20-10-11-25(12-13-26(2)23(25)16-20)19-8-9-21(28-3)22(15-19)29-4/h5-10,14-15,23H,11-13,16H2,1-4H3/t23-,25-/m0/s1. The van der Waals surface area contributed by atoms with Gasteiger partial charge in [0.2, 0.25) is 0 Å². The SMILES string of the molecule is COc1ccc([C@@]23CC=C(OC(=O)c4cccc(C)c4)C[C@@H]2N(C)CC3)cc1OC. The molecule has 0 amide bonds. The minimum atomic E-state index is -0.288. The average Bonchev–Trinajstić information content (AvgIpc) is 3.10. The van der Waals surface area contributed by atoms with Gasteiger partial charge in [-0.25, -0.2) is 4.79 Å². The molecule has 158 valence electrons. The van der Waals surface area contributed by atoms with Gasteiger partial charge in [0, 0.05) is 17.9 Å². The summed E-state index contributed by atoms with van der Waals surface area (Å²) in [5.41, 5.74) is 2.86. The molecule has 1 fully saturated rings. The summed E-state index contributed by atoms with van der Waals surface area (Å²) < 4.78 is 16.8. The second-order valence-corrected chi connectivity index (χ2v) is 8.31. The monoisotopic (exact) mass is 407 g/mol. The Kier molecular flexibility index (Phi) is 5.56. The maximum absolute atomic E-state index is 12.6. The average molecular weight is 408 g/mol. The third kappa shape index (κ3) is 3.58. The summed E-state index contributed by atoms with van der Waals surface area (Å²) in [7, 11) is 5.47. The van der Waals surface area contributed by atoms with Crippen molar-refractivity contribution in [3.05, 3.63) is 71.0 Å². The van der Waals surface area contributed by atoms with Crippen molar-refractivity contribution in [2.75, 3.05) is 27.8 Å². The van der Waals surface area contributed by atoms with Gasteiger partial charge in [0.1, 0.15) is 5.76 Å². The van der Waals surface area contributed by atoms with Gasteiger partial charge in [-0.2, -0.15) is 0 Å². The lowest BCUT2D eigenvalue weighted by atomic mass is 9.68. The largest absolute Gasteiger partial charge is 0.493 e. The molecule has 1 saturated heterocycles. The first-order valence-electron chi connectivity index (χ1n) is 10.4. The third-order valence-corrected chi connectivity index (χ3v) is 6.61. The number of carbonyl (C=O) groups excluding carboxylic acids is 1. The number of hydrogen-bond acceptors (Lipinski definition) is 5. The second kappa shape index (κ2) is 8.15. The lowest BCUT2D eigenvalue weighted by Gasteiger charge is -2.40. The van der Waals surface area contributed by atoms with E-state index in [9.17, 15) is 4.79 Å². The van der Waals surface area contributed by atoms with Gasteiger partial charge in [0.05, 0.1) is 19.8 Å². The van der Waals surface area contributed by atoms with Crippen molar-refractivity contribution in [2.24, 2.45) is 0 Å². The van der Waals surface area contributed by atoms with Crippen molar-refractivity contribution < 1.29 is 19.0 Å². The molecule has 30 heavy (non-hydrogen) atoms. The summed E-state index contributed by atoms with van der Waals surface area (Å²) in [6.07, 6.45) is 4.69. The second-order valence-electron chi connectivity index (χ2n) is 8.31. The van der Waals surface area contributed by atoms with Gasteiger partial charge in [-0.05, 0) is 69.3 Å². The van der Waals surface area contributed by atoms with Crippen LogP contribution in [0.4, 0.5) is 0 Å². The zero-order valence-electron chi connectivity index (χ0n) is 18.1. The fraction of sp³-hybridized carbons (Fsp3) is 0.400. The van der Waals surface area contributed by atoms with Crippen LogP contribution in [0.5, 0.6) is 11.5 Å². The highest BCUT2D eigenvalue weighted by Crippen LogP contribution is 2.49. The van der Waals surface area contributed by atoms with E-state index in [1.165, 1.54) is 5.56 Å². The number of likely N-dealkylation sites (N-methyl/N-ethyl adjacent to an activating group) is 1. The van der Waals surface area contributed by atoms with Crippen LogP contribution in [0, 0.1) is 6.92 Å². The summed E-state index contributed by atoms with van der Waals surface area (Å²) in [5.74, 6) is 1.96. The van der Waals surface area contributed by atoms with E-state index in [1.807, 2.05) is 31.2 Å². The first-order valence-corrected chi connectivity index (χ1v) is 10.4. The molecule has 0 N–H and O–H groups in total. The molecule has 2 aromatic carbocycles. The van der Waals surface area contributed by atoms with Crippen molar-refractivity contribution in [2.45, 2.75) is 37.6 Å². The van der Waals surface area contributed by atoms with E-state index in [4.69, 9.17) is 14.2 Å². The van der Waals surface area contributed by atoms with E-state index in [0.29, 0.717) is 12.0 Å². The number of fused-ring (bicyclic) bond motifs is 1. The molecule has 0 aromatic heterocycles. The molecule has 0 saturated carbocycles. The molecular weight excluding hydrogens is 378 g/mol. The van der Waals surface area contributed by atoms with Gasteiger partial charge in [0.25, 0.3) is 0 Å². The molecule has 0 radical (unpaired) electrons. The minimum Gasteiger partial charge on any atom is -0.493 e. The molecule has 0 bridgehead atoms. The van der Waals surface area contributed by atoms with Crippen molar-refractivity contribution in [3.8, 4) is 11.5 Å². The molecule has 2 aliphatic rings. The van der Waals surface area contributed by atoms with Gasteiger partial charge in [0.15, 0.2) is 11.5 Å². The van der Waals surface area contributed by atoms with Gasteiger partial charge in [-0.1, -0.05) is 23.8 Å². The summed E-state index contributed by atoms with van der Waals surface area (Å²) in [6, 6.07) is 14.0. The topological polar surface area (TPSA) is 48.0 Å².